The number of hydrazine groups is 1. The van der Waals surface area contributed by atoms with Crippen molar-refractivity contribution in [2.45, 2.75) is 50.7 Å². The summed E-state index contributed by atoms with van der Waals surface area (Å²) in [5, 5.41) is 0. The average molecular weight is 249 g/mol. The van der Waals surface area contributed by atoms with Crippen LogP contribution in [-0.4, -0.2) is 24.2 Å². The molecule has 4 nitrogen and oxygen atoms in total. The number of hydrogen-bond donors (Lipinski definition) is 2. The van der Waals surface area contributed by atoms with Crippen molar-refractivity contribution in [1.82, 2.24) is 10.4 Å². The van der Waals surface area contributed by atoms with Crippen LogP contribution in [0.4, 0.5) is 0 Å². The Balaban J connectivity index is 2.27. The molecule has 0 amide bonds. The van der Waals surface area contributed by atoms with E-state index in [1.54, 1.807) is 7.11 Å². The Labute approximate surface area is 109 Å². The van der Waals surface area contributed by atoms with E-state index >= 15 is 0 Å². The third-order valence-corrected chi connectivity index (χ3v) is 3.97. The highest BCUT2D eigenvalue weighted by atomic mass is 16.5. The molecule has 2 rings (SSSR count). The second kappa shape index (κ2) is 6.27. The Hall–Kier alpha value is -0.970. The lowest BCUT2D eigenvalue weighted by molar-refractivity contribution is 0.0532. The second-order valence-electron chi connectivity index (χ2n) is 4.92. The summed E-state index contributed by atoms with van der Waals surface area (Å²) in [6.07, 6.45) is 6.40. The summed E-state index contributed by atoms with van der Waals surface area (Å²) in [5.74, 6) is 6.11. The standard InChI is InChI=1S/C14H23N3O/c1-3-12(18-2)14(17-15)11-8-4-6-10-7-5-9-16-13(10)11/h5,7,9,11-12,14,17H,3-4,6,8,15H2,1-2H3. The van der Waals surface area contributed by atoms with Gasteiger partial charge in [-0.15, -0.1) is 0 Å². The summed E-state index contributed by atoms with van der Waals surface area (Å²) in [5.41, 5.74) is 5.51. The topological polar surface area (TPSA) is 60.2 Å². The first-order chi connectivity index (χ1) is 8.81. The van der Waals surface area contributed by atoms with Crippen LogP contribution in [0, 0.1) is 0 Å². The molecular weight excluding hydrogens is 226 g/mol. The van der Waals surface area contributed by atoms with E-state index in [0.717, 1.165) is 19.3 Å². The van der Waals surface area contributed by atoms with E-state index in [4.69, 9.17) is 10.6 Å². The van der Waals surface area contributed by atoms with E-state index < -0.39 is 0 Å². The number of ether oxygens (including phenoxy) is 1. The number of methoxy groups -OCH3 is 1. The zero-order valence-corrected chi connectivity index (χ0v) is 11.2. The summed E-state index contributed by atoms with van der Waals surface area (Å²) >= 11 is 0. The highest BCUT2D eigenvalue weighted by Crippen LogP contribution is 2.34. The van der Waals surface area contributed by atoms with Gasteiger partial charge in [-0.2, -0.15) is 0 Å². The summed E-state index contributed by atoms with van der Waals surface area (Å²) in [4.78, 5) is 4.57. The number of rotatable bonds is 5. The van der Waals surface area contributed by atoms with Gasteiger partial charge in [0.2, 0.25) is 0 Å². The number of nitrogens with one attached hydrogen (secondary N) is 1. The number of aromatic nitrogens is 1. The van der Waals surface area contributed by atoms with Crippen LogP contribution in [0.3, 0.4) is 0 Å². The Kier molecular flexibility index (Phi) is 4.69. The molecular formula is C14H23N3O. The van der Waals surface area contributed by atoms with Gasteiger partial charge in [0, 0.05) is 24.9 Å². The molecule has 100 valence electrons. The van der Waals surface area contributed by atoms with Gasteiger partial charge in [0.05, 0.1) is 12.1 Å². The van der Waals surface area contributed by atoms with Crippen molar-refractivity contribution in [1.29, 1.82) is 0 Å². The largest absolute Gasteiger partial charge is 0.380 e. The fourth-order valence-corrected chi connectivity index (χ4v) is 3.04. The number of pyridine rings is 1. The third kappa shape index (κ3) is 2.55. The van der Waals surface area contributed by atoms with E-state index in [9.17, 15) is 0 Å². The highest BCUT2D eigenvalue weighted by Gasteiger charge is 2.33. The number of fused-ring (bicyclic) bond motifs is 1. The van der Waals surface area contributed by atoms with Gasteiger partial charge < -0.3 is 4.74 Å². The van der Waals surface area contributed by atoms with Crippen LogP contribution in [0.25, 0.3) is 0 Å². The van der Waals surface area contributed by atoms with Gasteiger partial charge in [0.1, 0.15) is 0 Å². The van der Waals surface area contributed by atoms with Crippen LogP contribution >= 0.6 is 0 Å². The minimum atomic E-state index is 0.132. The van der Waals surface area contributed by atoms with Gasteiger partial charge in [-0.25, -0.2) is 0 Å². The first-order valence-electron chi connectivity index (χ1n) is 6.74. The first-order valence-corrected chi connectivity index (χ1v) is 6.74. The molecule has 0 radical (unpaired) electrons. The lowest BCUT2D eigenvalue weighted by Crippen LogP contribution is -2.49. The SMILES string of the molecule is CCC(OC)C(NN)C1CCCc2cccnc21. The quantitative estimate of drug-likeness (QED) is 0.616. The average Bonchev–Trinajstić information content (AvgIpc) is 2.44. The maximum atomic E-state index is 5.76. The van der Waals surface area contributed by atoms with E-state index in [1.807, 2.05) is 12.3 Å². The van der Waals surface area contributed by atoms with E-state index in [0.29, 0.717) is 5.92 Å². The zero-order chi connectivity index (χ0) is 13.0. The van der Waals surface area contributed by atoms with Crippen molar-refractivity contribution in [3.05, 3.63) is 29.6 Å². The van der Waals surface area contributed by atoms with Crippen molar-refractivity contribution in [3.63, 3.8) is 0 Å². The molecule has 0 saturated heterocycles. The molecule has 0 aromatic carbocycles. The van der Waals surface area contributed by atoms with Crippen molar-refractivity contribution >= 4 is 0 Å². The van der Waals surface area contributed by atoms with Crippen LogP contribution in [0.5, 0.6) is 0 Å². The Morgan fingerprint density at radius 2 is 2.44 bits per heavy atom. The normalized spacial score (nSPS) is 22.3. The van der Waals surface area contributed by atoms with Gasteiger partial charge in [-0.05, 0) is 37.3 Å². The molecule has 4 heteroatoms. The predicted molar refractivity (Wildman–Crippen MR) is 72.1 cm³/mol. The van der Waals surface area contributed by atoms with E-state index in [-0.39, 0.29) is 12.1 Å². The van der Waals surface area contributed by atoms with Crippen LogP contribution in [0.2, 0.25) is 0 Å². The molecule has 1 aliphatic carbocycles. The molecule has 18 heavy (non-hydrogen) atoms. The molecule has 0 fully saturated rings. The van der Waals surface area contributed by atoms with Crippen LogP contribution in [0.15, 0.2) is 18.3 Å². The van der Waals surface area contributed by atoms with Crippen molar-refractivity contribution in [2.24, 2.45) is 5.84 Å². The molecule has 0 aliphatic heterocycles. The molecule has 0 spiro atoms. The molecule has 0 bridgehead atoms. The van der Waals surface area contributed by atoms with Crippen molar-refractivity contribution in [3.8, 4) is 0 Å². The third-order valence-electron chi connectivity index (χ3n) is 3.97. The molecule has 0 saturated carbocycles. The molecule has 1 aromatic rings. The summed E-state index contributed by atoms with van der Waals surface area (Å²) in [7, 11) is 1.75. The Morgan fingerprint density at radius 3 is 3.11 bits per heavy atom. The fourth-order valence-electron chi connectivity index (χ4n) is 3.04. The fraction of sp³-hybridized carbons (Fsp3) is 0.643. The number of nitrogens with zero attached hydrogens (tertiary/aromatic N) is 1. The predicted octanol–water partition coefficient (Wildman–Crippen LogP) is 1.76. The van der Waals surface area contributed by atoms with Crippen LogP contribution in [0.1, 0.15) is 43.4 Å². The molecule has 1 aromatic heterocycles. The number of aryl methyl sites for hydroxylation is 1. The monoisotopic (exact) mass is 249 g/mol. The minimum Gasteiger partial charge on any atom is -0.380 e. The van der Waals surface area contributed by atoms with Gasteiger partial charge in [0.25, 0.3) is 0 Å². The maximum absolute atomic E-state index is 5.76. The molecule has 1 aliphatic rings. The zero-order valence-electron chi connectivity index (χ0n) is 11.2. The smallest absolute Gasteiger partial charge is 0.0741 e. The van der Waals surface area contributed by atoms with Gasteiger partial charge >= 0.3 is 0 Å². The van der Waals surface area contributed by atoms with E-state index in [1.165, 1.54) is 17.7 Å². The Morgan fingerprint density at radius 1 is 1.61 bits per heavy atom. The molecule has 3 unspecified atom stereocenters. The van der Waals surface area contributed by atoms with Crippen LogP contribution < -0.4 is 11.3 Å². The van der Waals surface area contributed by atoms with E-state index in [2.05, 4.69) is 23.4 Å². The molecule has 1 heterocycles. The summed E-state index contributed by atoms with van der Waals surface area (Å²) < 4.78 is 5.55. The van der Waals surface area contributed by atoms with Gasteiger partial charge in [0.15, 0.2) is 0 Å². The summed E-state index contributed by atoms with van der Waals surface area (Å²) in [6, 6.07) is 4.32. The molecule has 3 atom stereocenters. The maximum Gasteiger partial charge on any atom is 0.0741 e. The van der Waals surface area contributed by atoms with Crippen molar-refractivity contribution < 1.29 is 4.74 Å². The van der Waals surface area contributed by atoms with Gasteiger partial charge in [-0.3, -0.25) is 16.3 Å². The molecule has 3 N–H and O–H groups in total. The number of hydrogen-bond acceptors (Lipinski definition) is 4. The second-order valence-corrected chi connectivity index (χ2v) is 4.92. The summed E-state index contributed by atoms with van der Waals surface area (Å²) in [6.45, 7) is 2.13. The lowest BCUT2D eigenvalue weighted by Gasteiger charge is -2.34. The number of nitrogens with two attached hydrogens (primary N) is 1. The minimum absolute atomic E-state index is 0.132. The lowest BCUT2D eigenvalue weighted by atomic mass is 9.80. The van der Waals surface area contributed by atoms with Crippen LogP contribution in [-0.2, 0) is 11.2 Å². The van der Waals surface area contributed by atoms with Crippen molar-refractivity contribution in [2.75, 3.05) is 7.11 Å². The highest BCUT2D eigenvalue weighted by molar-refractivity contribution is 5.27. The first kappa shape index (κ1) is 13.5. The Bertz CT molecular complexity index is 379. The van der Waals surface area contributed by atoms with Gasteiger partial charge in [-0.1, -0.05) is 13.0 Å².